The van der Waals surface area contributed by atoms with Gasteiger partial charge < -0.3 is 9.67 Å². The minimum Gasteiger partial charge on any atom is -0.512 e. The van der Waals surface area contributed by atoms with Gasteiger partial charge in [0.05, 0.1) is 22.3 Å². The Kier molecular flexibility index (Phi) is 9.15. The molecule has 0 spiro atoms. The van der Waals surface area contributed by atoms with Gasteiger partial charge in [-0.25, -0.2) is 0 Å². The molecule has 5 heteroatoms. The standard InChI is InChI=1S/C32H27N2.C5H8O2.Ir/c1-19-15-20(2)17-24(16-19)31-30-26-13-9-10-14-28(26)34(25-11-7-6-8-12-25)32(30)29-23(5)22(4)21(3)18-27(29)33-31;1-4(6)3-5(2)7;/h6-16,18H,1-5H3;3,6H,1-2H3;/q-1;;/b;4-3-;. The minimum absolute atomic E-state index is 0. The van der Waals surface area contributed by atoms with Gasteiger partial charge in [0.1, 0.15) is 0 Å². The van der Waals surface area contributed by atoms with Gasteiger partial charge >= 0.3 is 0 Å². The van der Waals surface area contributed by atoms with Crippen LogP contribution in [0.15, 0.2) is 84.6 Å². The number of aliphatic hydroxyl groups excluding tert-OH is 1. The Balaban J connectivity index is 0.000000454. The van der Waals surface area contributed by atoms with E-state index >= 15 is 0 Å². The summed E-state index contributed by atoms with van der Waals surface area (Å²) in [4.78, 5) is 15.3. The Morgan fingerprint density at radius 2 is 1.52 bits per heavy atom. The zero-order chi connectivity index (χ0) is 29.4. The van der Waals surface area contributed by atoms with Crippen LogP contribution < -0.4 is 0 Å². The van der Waals surface area contributed by atoms with E-state index in [0.717, 1.165) is 28.0 Å². The van der Waals surface area contributed by atoms with Gasteiger partial charge in [-0.05, 0) is 86.7 Å². The number of benzene rings is 4. The van der Waals surface area contributed by atoms with Crippen molar-refractivity contribution in [2.24, 2.45) is 0 Å². The minimum atomic E-state index is -0.125. The van der Waals surface area contributed by atoms with Crippen molar-refractivity contribution < 1.29 is 30.0 Å². The van der Waals surface area contributed by atoms with Gasteiger partial charge in [-0.3, -0.25) is 9.78 Å². The van der Waals surface area contributed by atoms with E-state index in [1.807, 2.05) is 0 Å². The molecular formula is C37H35IrN2O2-. The molecule has 6 aromatic rings. The fourth-order valence-corrected chi connectivity index (χ4v) is 5.70. The second kappa shape index (κ2) is 12.4. The van der Waals surface area contributed by atoms with Gasteiger partial charge in [-0.2, -0.15) is 0 Å². The quantitative estimate of drug-likeness (QED) is 0.112. The average Bonchev–Trinajstić information content (AvgIpc) is 3.26. The van der Waals surface area contributed by atoms with Crippen molar-refractivity contribution in [2.45, 2.75) is 48.5 Å². The fraction of sp³-hybridized carbons (Fsp3) is 0.189. The van der Waals surface area contributed by atoms with Crippen molar-refractivity contribution in [3.05, 3.63) is 119 Å². The predicted octanol–water partition coefficient (Wildman–Crippen LogP) is 9.38. The molecule has 0 amide bonds. The Labute approximate surface area is 261 Å². The number of para-hydroxylation sites is 2. The smallest absolute Gasteiger partial charge is 0.155 e. The maximum absolute atomic E-state index is 10.0. The molecule has 0 aliphatic heterocycles. The van der Waals surface area contributed by atoms with Crippen LogP contribution in [-0.4, -0.2) is 20.4 Å². The van der Waals surface area contributed by atoms with Crippen LogP contribution in [0.25, 0.3) is 49.7 Å². The summed E-state index contributed by atoms with van der Waals surface area (Å²) in [5.74, 6) is -0.0625. The summed E-state index contributed by atoms with van der Waals surface area (Å²) in [6.07, 6.45) is 1.17. The van der Waals surface area contributed by atoms with Crippen LogP contribution in [-0.2, 0) is 24.9 Å². The third-order valence-corrected chi connectivity index (χ3v) is 7.55. The van der Waals surface area contributed by atoms with Crippen LogP contribution >= 0.6 is 0 Å². The Bertz CT molecular complexity index is 1960. The summed E-state index contributed by atoms with van der Waals surface area (Å²) >= 11 is 0. The SMILES string of the molecule is CC(=O)/C=C(/C)O.Cc1[c-]c(-c2nc3cc(C)c(C)c(C)c3c3c2c2ccccc2n3-c2ccccc2)cc(C)c1.[Ir]. The molecule has 1 radical (unpaired) electrons. The average molecular weight is 732 g/mol. The number of carbonyl (C=O) groups excluding carboxylic acids is 1. The van der Waals surface area contributed by atoms with Crippen molar-refractivity contribution >= 4 is 38.5 Å². The molecule has 215 valence electrons. The van der Waals surface area contributed by atoms with Gasteiger partial charge in [0.15, 0.2) is 5.78 Å². The zero-order valence-corrected chi connectivity index (χ0v) is 27.5. The van der Waals surface area contributed by atoms with Crippen LogP contribution in [0.4, 0.5) is 0 Å². The second-order valence-electron chi connectivity index (χ2n) is 10.9. The molecule has 2 aromatic heterocycles. The third kappa shape index (κ3) is 5.81. The molecule has 0 aliphatic carbocycles. The van der Waals surface area contributed by atoms with E-state index in [9.17, 15) is 4.79 Å². The van der Waals surface area contributed by atoms with E-state index in [0.29, 0.717) is 0 Å². The molecule has 1 N–H and O–H groups in total. The molecule has 0 saturated heterocycles. The number of allylic oxidation sites excluding steroid dienone is 2. The summed E-state index contributed by atoms with van der Waals surface area (Å²) in [6.45, 7) is 13.7. The summed E-state index contributed by atoms with van der Waals surface area (Å²) in [5.41, 5.74) is 12.9. The molecule has 42 heavy (non-hydrogen) atoms. The fourth-order valence-electron chi connectivity index (χ4n) is 5.70. The number of hydrogen-bond acceptors (Lipinski definition) is 3. The predicted molar refractivity (Wildman–Crippen MR) is 171 cm³/mol. The van der Waals surface area contributed by atoms with Crippen LogP contribution in [0.5, 0.6) is 0 Å². The molecular weight excluding hydrogens is 697 g/mol. The van der Waals surface area contributed by atoms with E-state index in [4.69, 9.17) is 10.1 Å². The molecule has 4 nitrogen and oxygen atoms in total. The van der Waals surface area contributed by atoms with Crippen LogP contribution in [0.1, 0.15) is 41.7 Å². The summed E-state index contributed by atoms with van der Waals surface area (Å²) < 4.78 is 2.42. The van der Waals surface area contributed by atoms with Crippen LogP contribution in [0.3, 0.4) is 0 Å². The number of aliphatic hydroxyl groups is 1. The van der Waals surface area contributed by atoms with Gasteiger partial charge in [0.2, 0.25) is 0 Å². The normalized spacial score (nSPS) is 11.4. The molecule has 6 rings (SSSR count). The number of fused-ring (bicyclic) bond motifs is 5. The molecule has 0 bridgehead atoms. The van der Waals surface area contributed by atoms with Crippen molar-refractivity contribution in [1.29, 1.82) is 0 Å². The molecule has 4 aromatic carbocycles. The first-order valence-electron chi connectivity index (χ1n) is 13.8. The van der Waals surface area contributed by atoms with Gasteiger partial charge in [0, 0.05) is 42.6 Å². The van der Waals surface area contributed by atoms with Gasteiger partial charge in [-0.1, -0.05) is 50.2 Å². The maximum Gasteiger partial charge on any atom is 0.155 e. The number of aryl methyl sites for hydroxylation is 4. The molecule has 2 heterocycles. The molecule has 0 unspecified atom stereocenters. The number of carbonyl (C=O) groups is 1. The summed E-state index contributed by atoms with van der Waals surface area (Å²) in [6, 6.07) is 29.6. The first-order chi connectivity index (χ1) is 19.6. The van der Waals surface area contributed by atoms with Crippen molar-refractivity contribution in [3.63, 3.8) is 0 Å². The second-order valence-corrected chi connectivity index (χ2v) is 10.9. The first kappa shape index (κ1) is 30.9. The zero-order valence-electron chi connectivity index (χ0n) is 25.1. The van der Waals surface area contributed by atoms with Crippen molar-refractivity contribution in [3.8, 4) is 16.9 Å². The topological polar surface area (TPSA) is 55.1 Å². The number of pyridine rings is 1. The third-order valence-electron chi connectivity index (χ3n) is 7.55. The summed E-state index contributed by atoms with van der Waals surface area (Å²) in [7, 11) is 0. The molecule has 0 fully saturated rings. The maximum atomic E-state index is 10.0. The molecule has 0 saturated carbocycles. The number of aromatic nitrogens is 2. The van der Waals surface area contributed by atoms with Crippen LogP contribution in [0, 0.1) is 40.7 Å². The van der Waals surface area contributed by atoms with E-state index in [2.05, 4.69) is 118 Å². The summed E-state index contributed by atoms with van der Waals surface area (Å²) in [5, 5.41) is 12.0. The number of ketones is 1. The van der Waals surface area contributed by atoms with E-state index < -0.39 is 0 Å². The number of nitrogens with zero attached hydrogens (tertiary/aromatic N) is 2. The Morgan fingerprint density at radius 1 is 0.857 bits per heavy atom. The number of rotatable bonds is 3. The first-order valence-corrected chi connectivity index (χ1v) is 13.8. The number of hydrogen-bond donors (Lipinski definition) is 1. The molecule has 0 aliphatic rings. The van der Waals surface area contributed by atoms with Gasteiger partial charge in [0.25, 0.3) is 0 Å². The van der Waals surface area contributed by atoms with Gasteiger partial charge in [-0.15, -0.1) is 34.9 Å². The molecule has 0 atom stereocenters. The van der Waals surface area contributed by atoms with Crippen LogP contribution in [0.2, 0.25) is 0 Å². The van der Waals surface area contributed by atoms with Crippen molar-refractivity contribution in [2.75, 3.05) is 0 Å². The van der Waals surface area contributed by atoms with Crippen molar-refractivity contribution in [1.82, 2.24) is 9.55 Å². The monoisotopic (exact) mass is 732 g/mol. The Morgan fingerprint density at radius 3 is 2.14 bits per heavy atom. The van der Waals surface area contributed by atoms with E-state index in [-0.39, 0.29) is 31.6 Å². The van der Waals surface area contributed by atoms with E-state index in [1.54, 1.807) is 0 Å². The Hall–Kier alpha value is -4.05. The largest absolute Gasteiger partial charge is 0.512 e. The van der Waals surface area contributed by atoms with E-state index in [1.165, 1.54) is 69.4 Å².